The van der Waals surface area contributed by atoms with Gasteiger partial charge in [0.2, 0.25) is 5.95 Å². The maximum atomic E-state index is 13.3. The van der Waals surface area contributed by atoms with Crippen LogP contribution in [0, 0.1) is 0 Å². The first-order valence-corrected chi connectivity index (χ1v) is 10.8. The third-order valence-corrected chi connectivity index (χ3v) is 6.06. The lowest BCUT2D eigenvalue weighted by molar-refractivity contribution is 0.0646. The molecule has 1 atom stereocenters. The summed E-state index contributed by atoms with van der Waals surface area (Å²) in [6.45, 7) is 5.17. The normalized spacial score (nSPS) is 12.2. The van der Waals surface area contributed by atoms with Crippen LogP contribution in [0.15, 0.2) is 54.7 Å². The van der Waals surface area contributed by atoms with Gasteiger partial charge in [-0.1, -0.05) is 53.0 Å². The molecule has 3 N–H and O–H groups in total. The van der Waals surface area contributed by atoms with E-state index in [4.69, 9.17) is 34.8 Å². The number of amides is 2. The number of hydrogen-bond donors (Lipinski definition) is 3. The molecule has 2 aromatic carbocycles. The minimum atomic E-state index is -1.000. The van der Waals surface area contributed by atoms with Gasteiger partial charge in [-0.3, -0.25) is 0 Å². The summed E-state index contributed by atoms with van der Waals surface area (Å²) in [6.07, 6.45) is 1.52. The number of carbonyl (C=O) groups is 1. The van der Waals surface area contributed by atoms with Crippen LogP contribution in [0.4, 0.5) is 27.9 Å². The van der Waals surface area contributed by atoms with E-state index >= 15 is 0 Å². The summed E-state index contributed by atoms with van der Waals surface area (Å²) < 4.78 is 0. The lowest BCUT2D eigenvalue weighted by atomic mass is 10.0. The third kappa shape index (κ3) is 5.61. The predicted molar refractivity (Wildman–Crippen MR) is 130 cm³/mol. The van der Waals surface area contributed by atoms with Crippen LogP contribution in [0.3, 0.4) is 0 Å². The second-order valence-corrected chi connectivity index (χ2v) is 8.75. The maximum Gasteiger partial charge on any atom is 0.332 e. The number of benzene rings is 2. The van der Waals surface area contributed by atoms with Gasteiger partial charge in [0, 0.05) is 12.3 Å². The van der Waals surface area contributed by atoms with E-state index in [1.165, 1.54) is 11.1 Å². The number of nitrogens with zero attached hydrogens (tertiary/aromatic N) is 3. The molecule has 0 spiro atoms. The summed E-state index contributed by atoms with van der Waals surface area (Å²) in [7, 11) is 0. The van der Waals surface area contributed by atoms with Crippen LogP contribution in [0.1, 0.15) is 20.8 Å². The standard InChI is InChI=1S/C22H22Cl3N5O2/c1-13(22(2,3)32)27-20-26-12-11-17(29-20)30(14-7-5-4-6-8-14)21(31)28-16-10-9-15(23)18(24)19(16)25/h4-13,32H,1-3H3,(H,28,31)(H,26,27,29)/t13-/m0/s1. The van der Waals surface area contributed by atoms with Crippen LogP contribution in [0.2, 0.25) is 15.1 Å². The van der Waals surface area contributed by atoms with Crippen molar-refractivity contribution in [2.24, 2.45) is 0 Å². The van der Waals surface area contributed by atoms with Crippen LogP contribution < -0.4 is 15.5 Å². The highest BCUT2D eigenvalue weighted by Gasteiger charge is 2.25. The lowest BCUT2D eigenvalue weighted by Crippen LogP contribution is -2.40. The van der Waals surface area contributed by atoms with Crippen molar-refractivity contribution in [2.75, 3.05) is 15.5 Å². The average molecular weight is 495 g/mol. The Labute approximate surface area is 201 Å². The first-order chi connectivity index (χ1) is 15.1. The number of aliphatic hydroxyl groups is 1. The van der Waals surface area contributed by atoms with Gasteiger partial charge in [-0.2, -0.15) is 4.98 Å². The molecule has 1 heterocycles. The van der Waals surface area contributed by atoms with Crippen molar-refractivity contribution < 1.29 is 9.90 Å². The average Bonchev–Trinajstić information content (AvgIpc) is 2.75. The molecule has 10 heteroatoms. The maximum absolute atomic E-state index is 13.3. The first-order valence-electron chi connectivity index (χ1n) is 9.69. The lowest BCUT2D eigenvalue weighted by Gasteiger charge is -2.27. The predicted octanol–water partition coefficient (Wildman–Crippen LogP) is 6.38. The molecule has 0 aliphatic heterocycles. The van der Waals surface area contributed by atoms with E-state index in [0.717, 1.165) is 0 Å². The Morgan fingerprint density at radius 2 is 1.75 bits per heavy atom. The van der Waals surface area contributed by atoms with Gasteiger partial charge in [-0.15, -0.1) is 0 Å². The fourth-order valence-electron chi connectivity index (χ4n) is 2.64. The van der Waals surface area contributed by atoms with Gasteiger partial charge < -0.3 is 15.7 Å². The topological polar surface area (TPSA) is 90.4 Å². The highest BCUT2D eigenvalue weighted by molar-refractivity contribution is 6.49. The minimum absolute atomic E-state index is 0.129. The second-order valence-electron chi connectivity index (χ2n) is 7.58. The van der Waals surface area contributed by atoms with Crippen LogP contribution >= 0.6 is 34.8 Å². The number of hydrogen-bond acceptors (Lipinski definition) is 5. The number of halogens is 3. The number of anilines is 4. The summed E-state index contributed by atoms with van der Waals surface area (Å²) in [5.74, 6) is 0.573. The SMILES string of the molecule is C[C@H](Nc1nccc(N(C(=O)Nc2ccc(Cl)c(Cl)c2Cl)c2ccccc2)n1)C(C)(C)O. The zero-order valence-electron chi connectivity index (χ0n) is 17.6. The molecule has 0 saturated heterocycles. The number of urea groups is 1. The van der Waals surface area contributed by atoms with E-state index in [-0.39, 0.29) is 27.1 Å². The van der Waals surface area contributed by atoms with E-state index in [0.29, 0.717) is 17.2 Å². The summed E-state index contributed by atoms with van der Waals surface area (Å²) >= 11 is 18.3. The monoisotopic (exact) mass is 493 g/mol. The molecular formula is C22H22Cl3N5O2. The Hall–Kier alpha value is -2.58. The van der Waals surface area contributed by atoms with Gasteiger partial charge in [0.15, 0.2) is 0 Å². The third-order valence-electron chi connectivity index (χ3n) is 4.77. The van der Waals surface area contributed by atoms with Crippen LogP contribution in [-0.2, 0) is 0 Å². The molecule has 32 heavy (non-hydrogen) atoms. The molecule has 0 bridgehead atoms. The largest absolute Gasteiger partial charge is 0.388 e. The van der Waals surface area contributed by atoms with Crippen molar-refractivity contribution in [3.8, 4) is 0 Å². The highest BCUT2D eigenvalue weighted by atomic mass is 35.5. The van der Waals surface area contributed by atoms with Crippen molar-refractivity contribution in [1.29, 1.82) is 0 Å². The van der Waals surface area contributed by atoms with Gasteiger partial charge in [-0.05, 0) is 45.0 Å². The van der Waals surface area contributed by atoms with Crippen molar-refractivity contribution >= 4 is 64.0 Å². The highest BCUT2D eigenvalue weighted by Crippen LogP contribution is 2.36. The number of rotatable bonds is 6. The van der Waals surface area contributed by atoms with E-state index in [1.807, 2.05) is 13.0 Å². The van der Waals surface area contributed by atoms with Crippen molar-refractivity contribution in [1.82, 2.24) is 9.97 Å². The number of nitrogens with one attached hydrogen (secondary N) is 2. The Morgan fingerprint density at radius 3 is 2.41 bits per heavy atom. The molecule has 0 aliphatic rings. The minimum Gasteiger partial charge on any atom is -0.388 e. The fourth-order valence-corrected chi connectivity index (χ4v) is 3.22. The smallest absolute Gasteiger partial charge is 0.332 e. The van der Waals surface area contributed by atoms with Crippen molar-refractivity contribution in [3.63, 3.8) is 0 Å². The molecule has 7 nitrogen and oxygen atoms in total. The molecular weight excluding hydrogens is 473 g/mol. The summed E-state index contributed by atoms with van der Waals surface area (Å²) in [4.78, 5) is 23.4. The molecule has 0 saturated carbocycles. The molecule has 0 radical (unpaired) electrons. The molecule has 0 unspecified atom stereocenters. The molecule has 0 fully saturated rings. The summed E-state index contributed by atoms with van der Waals surface area (Å²) in [5.41, 5.74) is -0.128. The Bertz CT molecular complexity index is 1110. The second kappa shape index (κ2) is 9.92. The molecule has 3 aromatic rings. The van der Waals surface area contributed by atoms with Crippen LogP contribution in [0.5, 0.6) is 0 Å². The first kappa shape index (κ1) is 24.1. The Morgan fingerprint density at radius 1 is 1.06 bits per heavy atom. The van der Waals surface area contributed by atoms with Gasteiger partial charge in [0.05, 0.1) is 38.1 Å². The molecule has 3 rings (SSSR count). The summed E-state index contributed by atoms with van der Waals surface area (Å²) in [5, 5.41) is 16.6. The summed E-state index contributed by atoms with van der Waals surface area (Å²) in [6, 6.07) is 12.8. The van der Waals surface area contributed by atoms with E-state index in [1.54, 1.807) is 56.3 Å². The van der Waals surface area contributed by atoms with E-state index in [2.05, 4.69) is 20.6 Å². The van der Waals surface area contributed by atoms with Gasteiger partial charge in [0.25, 0.3) is 0 Å². The molecule has 0 aliphatic carbocycles. The van der Waals surface area contributed by atoms with Crippen LogP contribution in [-0.4, -0.2) is 32.7 Å². The quantitative estimate of drug-likeness (QED) is 0.346. The molecule has 168 valence electrons. The number of aromatic nitrogens is 2. The number of para-hydroxylation sites is 1. The zero-order chi connectivity index (χ0) is 23.5. The molecule has 2 amide bonds. The Balaban J connectivity index is 1.97. The van der Waals surface area contributed by atoms with Crippen molar-refractivity contribution in [2.45, 2.75) is 32.4 Å². The zero-order valence-corrected chi connectivity index (χ0v) is 19.9. The Kier molecular flexibility index (Phi) is 7.46. The van der Waals surface area contributed by atoms with Gasteiger partial charge in [0.1, 0.15) is 5.82 Å². The molecule has 1 aromatic heterocycles. The fraction of sp³-hybridized carbons (Fsp3) is 0.227. The van der Waals surface area contributed by atoms with E-state index in [9.17, 15) is 9.90 Å². The van der Waals surface area contributed by atoms with Gasteiger partial charge >= 0.3 is 6.03 Å². The van der Waals surface area contributed by atoms with Gasteiger partial charge in [-0.25, -0.2) is 14.7 Å². The number of carbonyl (C=O) groups excluding carboxylic acids is 1. The van der Waals surface area contributed by atoms with E-state index < -0.39 is 11.6 Å². The van der Waals surface area contributed by atoms with Crippen LogP contribution in [0.25, 0.3) is 0 Å². The van der Waals surface area contributed by atoms with Crippen molar-refractivity contribution in [3.05, 3.63) is 69.8 Å².